The molecule has 1 saturated carbocycles. The number of anilines is 1. The van der Waals surface area contributed by atoms with Gasteiger partial charge in [-0.3, -0.25) is 14.5 Å². The molecule has 29 heavy (non-hydrogen) atoms. The molecule has 3 rings (SSSR count). The SMILES string of the molecule is CC(C)(C)OC(=O)C[C@H]1CCC[C@]2(CCN(c3cccc(C(F)(F)F)n3)C2=O)C1. The Kier molecular flexibility index (Phi) is 5.66. The van der Waals surface area contributed by atoms with E-state index in [1.54, 1.807) is 0 Å². The van der Waals surface area contributed by atoms with Crippen molar-refractivity contribution in [3.63, 3.8) is 0 Å². The summed E-state index contributed by atoms with van der Waals surface area (Å²) >= 11 is 0. The predicted molar refractivity (Wildman–Crippen MR) is 101 cm³/mol. The average molecular weight is 412 g/mol. The van der Waals surface area contributed by atoms with E-state index in [1.165, 1.54) is 17.0 Å². The number of halogens is 3. The molecule has 1 aromatic heterocycles. The standard InChI is InChI=1S/C21H27F3N2O3/c1-19(2,3)29-17(27)12-14-6-5-9-20(13-14)10-11-26(18(20)28)16-8-4-7-15(25-16)21(22,23)24/h4,7-8,14H,5-6,9-13H2,1-3H3/t14-,20+/m1/s1. The number of aromatic nitrogens is 1. The largest absolute Gasteiger partial charge is 0.460 e. The van der Waals surface area contributed by atoms with Gasteiger partial charge >= 0.3 is 12.1 Å². The summed E-state index contributed by atoms with van der Waals surface area (Å²) in [6.07, 6.45) is -0.839. The van der Waals surface area contributed by atoms with E-state index in [2.05, 4.69) is 4.98 Å². The van der Waals surface area contributed by atoms with Crippen LogP contribution in [0.15, 0.2) is 18.2 Å². The summed E-state index contributed by atoms with van der Waals surface area (Å²) in [6.45, 7) is 5.78. The number of alkyl halides is 3. The molecule has 2 heterocycles. The summed E-state index contributed by atoms with van der Waals surface area (Å²) in [7, 11) is 0. The lowest BCUT2D eigenvalue weighted by molar-refractivity contribution is -0.157. The van der Waals surface area contributed by atoms with E-state index in [4.69, 9.17) is 4.74 Å². The molecule has 0 bridgehead atoms. The Morgan fingerprint density at radius 3 is 2.66 bits per heavy atom. The summed E-state index contributed by atoms with van der Waals surface area (Å²) in [4.78, 5) is 30.4. The number of amides is 1. The highest BCUT2D eigenvalue weighted by atomic mass is 19.4. The summed E-state index contributed by atoms with van der Waals surface area (Å²) in [5.41, 5.74) is -2.19. The van der Waals surface area contributed by atoms with Crippen LogP contribution < -0.4 is 4.90 Å². The van der Waals surface area contributed by atoms with Crippen LogP contribution in [0.1, 0.15) is 65.0 Å². The van der Waals surface area contributed by atoms with Gasteiger partial charge in [0.2, 0.25) is 5.91 Å². The number of carbonyl (C=O) groups excluding carboxylic acids is 2. The monoisotopic (exact) mass is 412 g/mol. The van der Waals surface area contributed by atoms with Crippen LogP contribution in [0.5, 0.6) is 0 Å². The fourth-order valence-corrected chi connectivity index (χ4v) is 4.47. The van der Waals surface area contributed by atoms with Crippen molar-refractivity contribution in [2.75, 3.05) is 11.4 Å². The number of pyridine rings is 1. The maximum atomic E-state index is 13.2. The molecule has 2 atom stereocenters. The van der Waals surface area contributed by atoms with E-state index >= 15 is 0 Å². The van der Waals surface area contributed by atoms with Crippen molar-refractivity contribution >= 4 is 17.7 Å². The second kappa shape index (κ2) is 7.61. The first-order valence-corrected chi connectivity index (χ1v) is 9.98. The topological polar surface area (TPSA) is 59.5 Å². The minimum atomic E-state index is -4.56. The number of hydrogen-bond donors (Lipinski definition) is 0. The first-order valence-electron chi connectivity index (χ1n) is 9.98. The van der Waals surface area contributed by atoms with Gasteiger partial charge in [-0.05, 0) is 64.5 Å². The highest BCUT2D eigenvalue weighted by Gasteiger charge is 2.50. The molecule has 2 aliphatic rings. The minimum Gasteiger partial charge on any atom is -0.460 e. The zero-order chi connectivity index (χ0) is 21.4. The first-order chi connectivity index (χ1) is 13.4. The molecule has 160 valence electrons. The van der Waals surface area contributed by atoms with Gasteiger partial charge in [0.15, 0.2) is 0 Å². The predicted octanol–water partition coefficient (Wildman–Crippen LogP) is 4.75. The quantitative estimate of drug-likeness (QED) is 0.673. The molecule has 1 aliphatic carbocycles. The van der Waals surface area contributed by atoms with Gasteiger partial charge in [0, 0.05) is 13.0 Å². The lowest BCUT2D eigenvalue weighted by Crippen LogP contribution is -2.39. The molecular formula is C21H27F3N2O3. The van der Waals surface area contributed by atoms with Crippen molar-refractivity contribution < 1.29 is 27.5 Å². The molecule has 8 heteroatoms. The Bertz CT molecular complexity index is 788. The van der Waals surface area contributed by atoms with Crippen LogP contribution in [0.4, 0.5) is 19.0 Å². The molecule has 0 radical (unpaired) electrons. The van der Waals surface area contributed by atoms with Crippen molar-refractivity contribution in [3.05, 3.63) is 23.9 Å². The minimum absolute atomic E-state index is 0.0379. The van der Waals surface area contributed by atoms with Crippen LogP contribution in [0.2, 0.25) is 0 Å². The van der Waals surface area contributed by atoms with Crippen molar-refractivity contribution in [2.45, 2.75) is 71.1 Å². The van der Waals surface area contributed by atoms with E-state index in [0.29, 0.717) is 25.8 Å². The molecule has 5 nitrogen and oxygen atoms in total. The zero-order valence-electron chi connectivity index (χ0n) is 17.0. The fraction of sp³-hybridized carbons (Fsp3) is 0.667. The number of hydrogen-bond acceptors (Lipinski definition) is 4. The van der Waals surface area contributed by atoms with Crippen LogP contribution in [0, 0.1) is 11.3 Å². The summed E-state index contributed by atoms with van der Waals surface area (Å²) < 4.78 is 44.3. The second-order valence-corrected chi connectivity index (χ2v) is 9.12. The van der Waals surface area contributed by atoms with Crippen molar-refractivity contribution in [1.29, 1.82) is 0 Å². The average Bonchev–Trinajstić information content (AvgIpc) is 2.89. The highest BCUT2D eigenvalue weighted by Crippen LogP contribution is 2.48. The summed E-state index contributed by atoms with van der Waals surface area (Å²) in [6, 6.07) is 3.61. The van der Waals surface area contributed by atoms with E-state index in [9.17, 15) is 22.8 Å². The van der Waals surface area contributed by atoms with Crippen LogP contribution >= 0.6 is 0 Å². The third-order valence-corrected chi connectivity index (χ3v) is 5.64. The molecule has 1 spiro atoms. The normalized spacial score (nSPS) is 25.5. The third kappa shape index (κ3) is 4.90. The van der Waals surface area contributed by atoms with Gasteiger partial charge in [-0.25, -0.2) is 4.98 Å². The maximum Gasteiger partial charge on any atom is 0.433 e. The highest BCUT2D eigenvalue weighted by molar-refractivity contribution is 5.99. The molecule has 0 unspecified atom stereocenters. The molecule has 1 saturated heterocycles. The Hall–Kier alpha value is -2.12. The number of nitrogens with zero attached hydrogens (tertiary/aromatic N) is 2. The van der Waals surface area contributed by atoms with Crippen LogP contribution in [0.25, 0.3) is 0 Å². The Labute approximate surface area is 168 Å². The van der Waals surface area contributed by atoms with E-state index in [-0.39, 0.29) is 30.0 Å². The maximum absolute atomic E-state index is 13.2. The van der Waals surface area contributed by atoms with Gasteiger partial charge in [-0.1, -0.05) is 12.5 Å². The van der Waals surface area contributed by atoms with Gasteiger partial charge in [-0.2, -0.15) is 13.2 Å². The summed E-state index contributed by atoms with van der Waals surface area (Å²) in [5, 5.41) is 0. The Morgan fingerprint density at radius 1 is 1.28 bits per heavy atom. The lowest BCUT2D eigenvalue weighted by Gasteiger charge is -2.36. The second-order valence-electron chi connectivity index (χ2n) is 9.12. The van der Waals surface area contributed by atoms with Crippen LogP contribution in [-0.4, -0.2) is 29.0 Å². The smallest absolute Gasteiger partial charge is 0.433 e. The number of ether oxygens (including phenoxy) is 1. The fourth-order valence-electron chi connectivity index (χ4n) is 4.47. The molecule has 0 aromatic carbocycles. The number of rotatable bonds is 3. The van der Waals surface area contributed by atoms with Crippen molar-refractivity contribution in [3.8, 4) is 0 Å². The molecule has 0 N–H and O–H groups in total. The van der Waals surface area contributed by atoms with E-state index < -0.39 is 22.9 Å². The van der Waals surface area contributed by atoms with Gasteiger partial charge in [0.1, 0.15) is 17.1 Å². The van der Waals surface area contributed by atoms with Crippen molar-refractivity contribution in [2.24, 2.45) is 11.3 Å². The summed E-state index contributed by atoms with van der Waals surface area (Å²) in [5.74, 6) is -0.382. The zero-order valence-corrected chi connectivity index (χ0v) is 17.0. The number of carbonyl (C=O) groups is 2. The first kappa shape index (κ1) is 21.6. The van der Waals surface area contributed by atoms with Gasteiger partial charge in [0.25, 0.3) is 0 Å². The Balaban J connectivity index is 1.72. The molecular weight excluding hydrogens is 385 g/mol. The van der Waals surface area contributed by atoms with E-state index in [1.807, 2.05) is 20.8 Å². The van der Waals surface area contributed by atoms with Crippen molar-refractivity contribution in [1.82, 2.24) is 4.98 Å². The van der Waals surface area contributed by atoms with Gasteiger partial charge in [0.05, 0.1) is 5.41 Å². The molecule has 2 fully saturated rings. The molecule has 1 amide bonds. The molecule has 1 aromatic rings. The third-order valence-electron chi connectivity index (χ3n) is 5.64. The van der Waals surface area contributed by atoms with Crippen LogP contribution in [0.3, 0.4) is 0 Å². The van der Waals surface area contributed by atoms with E-state index in [0.717, 1.165) is 18.9 Å². The Morgan fingerprint density at radius 2 is 2.00 bits per heavy atom. The molecule has 1 aliphatic heterocycles. The van der Waals surface area contributed by atoms with Gasteiger partial charge < -0.3 is 4.74 Å². The number of esters is 1. The van der Waals surface area contributed by atoms with Crippen LogP contribution in [-0.2, 0) is 20.5 Å². The lowest BCUT2D eigenvalue weighted by atomic mass is 9.68. The van der Waals surface area contributed by atoms with Gasteiger partial charge in [-0.15, -0.1) is 0 Å².